The number of hydrogen-bond acceptors (Lipinski definition) is 4. The number of rotatable bonds is 7. The molecule has 128 valence electrons. The van der Waals surface area contributed by atoms with Gasteiger partial charge in [-0.1, -0.05) is 41.9 Å². The number of nitrogens with zero attached hydrogens (tertiary/aromatic N) is 1. The average molecular weight is 349 g/mol. The fraction of sp³-hybridized carbons (Fsp3) is 0.278. The van der Waals surface area contributed by atoms with E-state index in [1.54, 1.807) is 42.5 Å². The summed E-state index contributed by atoms with van der Waals surface area (Å²) in [6.45, 7) is 1.29. The Hall–Kier alpha value is -2.08. The van der Waals surface area contributed by atoms with Crippen LogP contribution in [0, 0.1) is 0 Å². The Morgan fingerprint density at radius 2 is 1.96 bits per heavy atom. The summed E-state index contributed by atoms with van der Waals surface area (Å²) in [5, 5.41) is 13.1. The van der Waals surface area contributed by atoms with Crippen LogP contribution in [0.3, 0.4) is 0 Å². The van der Waals surface area contributed by atoms with E-state index in [0.717, 1.165) is 6.54 Å². The van der Waals surface area contributed by atoms with Crippen LogP contribution in [-0.4, -0.2) is 43.2 Å². The molecule has 0 spiro atoms. The zero-order valence-electron chi connectivity index (χ0n) is 13.7. The van der Waals surface area contributed by atoms with Crippen molar-refractivity contribution in [2.45, 2.75) is 6.10 Å². The second kappa shape index (κ2) is 8.68. The largest absolute Gasteiger partial charge is 0.491 e. The third kappa shape index (κ3) is 5.23. The van der Waals surface area contributed by atoms with Crippen LogP contribution in [0.25, 0.3) is 0 Å². The highest BCUT2D eigenvalue weighted by Gasteiger charge is 2.17. The van der Waals surface area contributed by atoms with Gasteiger partial charge in [-0.2, -0.15) is 0 Å². The van der Waals surface area contributed by atoms with Crippen molar-refractivity contribution in [1.29, 1.82) is 0 Å². The maximum atomic E-state index is 12.1. The Balaban J connectivity index is 1.97. The van der Waals surface area contributed by atoms with E-state index in [4.69, 9.17) is 16.3 Å². The number of ether oxygens (including phenoxy) is 1. The lowest BCUT2D eigenvalue weighted by Gasteiger charge is -2.14. The maximum Gasteiger partial charge on any atom is 0.257 e. The molecule has 0 radical (unpaired) electrons. The van der Waals surface area contributed by atoms with Crippen molar-refractivity contribution >= 4 is 23.2 Å². The summed E-state index contributed by atoms with van der Waals surface area (Å²) in [7, 11) is 3.92. The monoisotopic (exact) mass is 348 g/mol. The van der Waals surface area contributed by atoms with Crippen molar-refractivity contribution in [3.8, 4) is 5.75 Å². The van der Waals surface area contributed by atoms with Gasteiger partial charge in [-0.25, -0.2) is 0 Å². The molecule has 24 heavy (non-hydrogen) atoms. The van der Waals surface area contributed by atoms with E-state index < -0.39 is 12.0 Å². The number of amides is 1. The Morgan fingerprint density at radius 3 is 2.58 bits per heavy atom. The summed E-state index contributed by atoms with van der Waals surface area (Å²) < 4.78 is 5.59. The van der Waals surface area contributed by atoms with Crippen LogP contribution in [0.15, 0.2) is 48.5 Å². The molecule has 0 aliphatic carbocycles. The molecule has 0 fully saturated rings. The number of anilines is 1. The second-order valence-electron chi connectivity index (χ2n) is 5.60. The number of hydrogen-bond donors (Lipinski definition) is 2. The lowest BCUT2D eigenvalue weighted by Crippen LogP contribution is -2.21. The predicted octanol–water partition coefficient (Wildman–Crippen LogP) is 2.95. The first kappa shape index (κ1) is 18.3. The average Bonchev–Trinajstić information content (AvgIpc) is 2.56. The molecule has 2 N–H and O–H groups in total. The standard InChI is InChI=1S/C18H21ClN2O3/c1-21(2)10-11-24-16-9-8-14(12-15(16)19)20-18(23)17(22)13-6-4-3-5-7-13/h3-9,12,17,22H,10-11H2,1-2H3,(H,20,23). The van der Waals surface area contributed by atoms with Crippen molar-refractivity contribution in [2.24, 2.45) is 0 Å². The lowest BCUT2D eigenvalue weighted by molar-refractivity contribution is -0.124. The van der Waals surface area contributed by atoms with Crippen molar-refractivity contribution in [1.82, 2.24) is 4.90 Å². The van der Waals surface area contributed by atoms with Crippen LogP contribution in [0.1, 0.15) is 11.7 Å². The van der Waals surface area contributed by atoms with Gasteiger partial charge >= 0.3 is 0 Å². The first-order valence-corrected chi connectivity index (χ1v) is 7.96. The summed E-state index contributed by atoms with van der Waals surface area (Å²) in [5.41, 5.74) is 1.03. The van der Waals surface area contributed by atoms with Gasteiger partial charge in [-0.15, -0.1) is 0 Å². The van der Waals surface area contributed by atoms with E-state index in [-0.39, 0.29) is 0 Å². The molecule has 2 aromatic carbocycles. The normalized spacial score (nSPS) is 12.0. The zero-order chi connectivity index (χ0) is 17.5. The number of benzene rings is 2. The molecule has 0 aliphatic heterocycles. The number of aliphatic hydroxyl groups is 1. The zero-order valence-corrected chi connectivity index (χ0v) is 14.5. The molecule has 5 nitrogen and oxygen atoms in total. The van der Waals surface area contributed by atoms with Gasteiger partial charge in [-0.3, -0.25) is 4.79 Å². The molecule has 2 aromatic rings. The molecule has 0 aliphatic rings. The van der Waals surface area contributed by atoms with E-state index in [0.29, 0.717) is 28.6 Å². The molecule has 0 heterocycles. The van der Waals surface area contributed by atoms with E-state index in [1.807, 2.05) is 25.1 Å². The second-order valence-corrected chi connectivity index (χ2v) is 6.01. The van der Waals surface area contributed by atoms with Crippen molar-refractivity contribution in [2.75, 3.05) is 32.6 Å². The Morgan fingerprint density at radius 1 is 1.25 bits per heavy atom. The highest BCUT2D eigenvalue weighted by molar-refractivity contribution is 6.32. The van der Waals surface area contributed by atoms with Crippen molar-refractivity contribution in [3.63, 3.8) is 0 Å². The summed E-state index contributed by atoms with van der Waals surface area (Å²) >= 11 is 6.17. The van der Waals surface area contributed by atoms with Crippen LogP contribution < -0.4 is 10.1 Å². The lowest BCUT2D eigenvalue weighted by atomic mass is 10.1. The Labute approximate surface area is 146 Å². The maximum absolute atomic E-state index is 12.1. The van der Waals surface area contributed by atoms with Gasteiger partial charge in [0.15, 0.2) is 6.10 Å². The first-order valence-electron chi connectivity index (χ1n) is 7.58. The molecule has 1 unspecified atom stereocenters. The molecule has 2 rings (SSSR count). The predicted molar refractivity (Wildman–Crippen MR) is 95.5 cm³/mol. The highest BCUT2D eigenvalue weighted by atomic mass is 35.5. The molecule has 0 saturated carbocycles. The highest BCUT2D eigenvalue weighted by Crippen LogP contribution is 2.28. The van der Waals surface area contributed by atoms with E-state index in [2.05, 4.69) is 5.32 Å². The van der Waals surface area contributed by atoms with Gasteiger partial charge in [-0.05, 0) is 37.9 Å². The Kier molecular flexibility index (Phi) is 6.61. The van der Waals surface area contributed by atoms with E-state index in [9.17, 15) is 9.90 Å². The van der Waals surface area contributed by atoms with Crippen LogP contribution in [0.5, 0.6) is 5.75 Å². The fourth-order valence-corrected chi connectivity index (χ4v) is 2.27. The minimum absolute atomic E-state index is 0.403. The quantitative estimate of drug-likeness (QED) is 0.807. The SMILES string of the molecule is CN(C)CCOc1ccc(NC(=O)C(O)c2ccccc2)cc1Cl. The first-order chi connectivity index (χ1) is 11.5. The molecule has 0 bridgehead atoms. The summed E-state index contributed by atoms with van der Waals surface area (Å²) in [6, 6.07) is 13.7. The van der Waals surface area contributed by atoms with Gasteiger partial charge in [0.25, 0.3) is 5.91 Å². The third-order valence-corrected chi connectivity index (χ3v) is 3.65. The topological polar surface area (TPSA) is 61.8 Å². The summed E-state index contributed by atoms with van der Waals surface area (Å²) in [5.74, 6) is 0.0404. The van der Waals surface area contributed by atoms with E-state index >= 15 is 0 Å². The minimum Gasteiger partial charge on any atom is -0.491 e. The molecule has 1 amide bonds. The van der Waals surface area contributed by atoms with Crippen molar-refractivity contribution in [3.05, 3.63) is 59.1 Å². The summed E-state index contributed by atoms with van der Waals surface area (Å²) in [6.07, 6.45) is -1.24. The molecular formula is C18H21ClN2O3. The summed E-state index contributed by atoms with van der Waals surface area (Å²) in [4.78, 5) is 14.1. The number of carbonyl (C=O) groups is 1. The van der Waals surface area contributed by atoms with Gasteiger partial charge in [0, 0.05) is 12.2 Å². The smallest absolute Gasteiger partial charge is 0.257 e. The third-order valence-electron chi connectivity index (χ3n) is 3.36. The van der Waals surface area contributed by atoms with Gasteiger partial charge < -0.3 is 20.1 Å². The van der Waals surface area contributed by atoms with Gasteiger partial charge in [0.1, 0.15) is 12.4 Å². The number of halogens is 1. The molecule has 0 aromatic heterocycles. The molecule has 6 heteroatoms. The van der Waals surface area contributed by atoms with Crippen LogP contribution in [-0.2, 0) is 4.79 Å². The fourth-order valence-electron chi connectivity index (χ4n) is 2.03. The van der Waals surface area contributed by atoms with Gasteiger partial charge in [0.2, 0.25) is 0 Å². The number of carbonyl (C=O) groups excluding carboxylic acids is 1. The molecule has 1 atom stereocenters. The Bertz CT molecular complexity index is 677. The number of nitrogens with one attached hydrogen (secondary N) is 1. The number of aliphatic hydroxyl groups excluding tert-OH is 1. The van der Waals surface area contributed by atoms with Crippen LogP contribution in [0.4, 0.5) is 5.69 Å². The number of likely N-dealkylation sites (N-methyl/N-ethyl adjacent to an activating group) is 1. The van der Waals surface area contributed by atoms with Crippen LogP contribution >= 0.6 is 11.6 Å². The molecular weight excluding hydrogens is 328 g/mol. The van der Waals surface area contributed by atoms with Crippen molar-refractivity contribution < 1.29 is 14.6 Å². The van der Waals surface area contributed by atoms with Crippen LogP contribution in [0.2, 0.25) is 5.02 Å². The van der Waals surface area contributed by atoms with E-state index in [1.165, 1.54) is 0 Å². The molecule has 0 saturated heterocycles. The minimum atomic E-state index is -1.24. The van der Waals surface area contributed by atoms with Gasteiger partial charge in [0.05, 0.1) is 5.02 Å².